The first-order valence-electron chi connectivity index (χ1n) is 42.4. The molecule has 0 heterocycles. The standard InChI is InChI=1S/C87H162NO8P/c1-3-5-7-9-11-13-15-17-19-21-23-25-27-29-31-33-35-37-39-41-42-44-46-48-50-52-54-56-58-60-62-64-66-68-70-72-74-76-78-80-87(90)96-85(84-95-97(91,92)94-82-81-88)83-93-86(89)79-77-75-73-71-69-67-65-63-61-59-57-55-53-51-49-47-45-43-40-38-36-34-32-30-28-26-24-22-20-18-16-14-12-10-8-6-4-2/h5,7,11,13,17,19,23,25,29,31,35,37,85H,3-4,6,8-10,12,14-16,18,20-22,24,26-28,30,32-34,36,38-84,88H2,1-2H3,(H,91,92)/b7-5-,13-11-,19-17-,25-23-,31-29-,37-35-. The molecule has 0 saturated heterocycles. The van der Waals surface area contributed by atoms with Gasteiger partial charge in [-0.3, -0.25) is 18.6 Å². The highest BCUT2D eigenvalue weighted by Crippen LogP contribution is 2.43. The zero-order chi connectivity index (χ0) is 70.0. The lowest BCUT2D eigenvalue weighted by molar-refractivity contribution is -0.161. The highest BCUT2D eigenvalue weighted by Gasteiger charge is 2.26. The van der Waals surface area contributed by atoms with Crippen molar-refractivity contribution >= 4 is 19.8 Å². The van der Waals surface area contributed by atoms with Crippen LogP contribution in [-0.4, -0.2) is 49.3 Å². The maximum atomic E-state index is 12.8. The molecular formula is C87H162NO8P. The van der Waals surface area contributed by atoms with Gasteiger partial charge in [-0.1, -0.05) is 433 Å². The number of esters is 2. The van der Waals surface area contributed by atoms with Crippen molar-refractivity contribution in [3.8, 4) is 0 Å². The Hall–Kier alpha value is -2.55. The largest absolute Gasteiger partial charge is 0.472 e. The number of phosphoric acid groups is 1. The van der Waals surface area contributed by atoms with E-state index in [0.29, 0.717) is 6.42 Å². The molecule has 0 amide bonds. The zero-order valence-electron chi connectivity index (χ0n) is 64.3. The summed E-state index contributed by atoms with van der Waals surface area (Å²) in [6, 6.07) is 0. The molecular weight excluding hydrogens is 1220 g/mol. The molecule has 0 aliphatic heterocycles. The van der Waals surface area contributed by atoms with E-state index in [-0.39, 0.29) is 38.6 Å². The van der Waals surface area contributed by atoms with Crippen LogP contribution in [0.4, 0.5) is 0 Å². The van der Waals surface area contributed by atoms with Gasteiger partial charge in [0.25, 0.3) is 0 Å². The second-order valence-electron chi connectivity index (χ2n) is 28.7. The number of unbranched alkanes of at least 4 members (excludes halogenated alkanes) is 56. The van der Waals surface area contributed by atoms with Gasteiger partial charge in [-0.05, 0) is 64.2 Å². The van der Waals surface area contributed by atoms with E-state index in [4.69, 9.17) is 24.3 Å². The van der Waals surface area contributed by atoms with Crippen LogP contribution in [0.1, 0.15) is 438 Å². The zero-order valence-corrected chi connectivity index (χ0v) is 65.2. The maximum Gasteiger partial charge on any atom is 0.472 e. The Balaban J connectivity index is 3.74. The van der Waals surface area contributed by atoms with Gasteiger partial charge in [-0.15, -0.1) is 0 Å². The number of carbonyl (C=O) groups is 2. The Bertz CT molecular complexity index is 1830. The molecule has 2 unspecified atom stereocenters. The van der Waals surface area contributed by atoms with Crippen molar-refractivity contribution in [1.29, 1.82) is 0 Å². The lowest BCUT2D eigenvalue weighted by Crippen LogP contribution is -2.29. The minimum atomic E-state index is -4.40. The second kappa shape index (κ2) is 82.4. The normalized spacial score (nSPS) is 13.2. The number of nitrogens with two attached hydrogens (primary N) is 1. The van der Waals surface area contributed by atoms with Gasteiger partial charge in [0.1, 0.15) is 6.61 Å². The molecule has 0 saturated carbocycles. The number of rotatable bonds is 81. The van der Waals surface area contributed by atoms with Crippen molar-refractivity contribution < 1.29 is 37.6 Å². The van der Waals surface area contributed by atoms with Crippen LogP contribution in [-0.2, 0) is 32.7 Å². The molecule has 568 valence electrons. The Morgan fingerprint density at radius 1 is 0.320 bits per heavy atom. The summed E-state index contributed by atoms with van der Waals surface area (Å²) in [6.07, 6.45) is 111. The fourth-order valence-electron chi connectivity index (χ4n) is 12.9. The maximum absolute atomic E-state index is 12.8. The van der Waals surface area contributed by atoms with Gasteiger partial charge in [-0.2, -0.15) is 0 Å². The predicted molar refractivity (Wildman–Crippen MR) is 423 cm³/mol. The van der Waals surface area contributed by atoms with E-state index in [2.05, 4.69) is 86.8 Å². The predicted octanol–water partition coefficient (Wildman–Crippen LogP) is 28.7. The molecule has 0 spiro atoms. The summed E-state index contributed by atoms with van der Waals surface area (Å²) < 4.78 is 33.3. The summed E-state index contributed by atoms with van der Waals surface area (Å²) in [5.41, 5.74) is 5.42. The van der Waals surface area contributed by atoms with E-state index >= 15 is 0 Å². The van der Waals surface area contributed by atoms with Crippen molar-refractivity contribution in [3.05, 3.63) is 72.9 Å². The van der Waals surface area contributed by atoms with E-state index in [1.54, 1.807) is 0 Å². The smallest absolute Gasteiger partial charge is 0.462 e. The summed E-state index contributed by atoms with van der Waals surface area (Å²) in [7, 11) is -4.40. The van der Waals surface area contributed by atoms with Gasteiger partial charge in [0, 0.05) is 19.4 Å². The van der Waals surface area contributed by atoms with Crippen molar-refractivity contribution in [3.63, 3.8) is 0 Å². The first kappa shape index (κ1) is 94.5. The van der Waals surface area contributed by atoms with E-state index < -0.39 is 26.5 Å². The third-order valence-electron chi connectivity index (χ3n) is 19.1. The van der Waals surface area contributed by atoms with Crippen LogP contribution >= 0.6 is 7.82 Å². The Morgan fingerprint density at radius 2 is 0.567 bits per heavy atom. The van der Waals surface area contributed by atoms with Crippen LogP contribution in [0.15, 0.2) is 72.9 Å². The molecule has 0 aliphatic carbocycles. The fraction of sp³-hybridized carbons (Fsp3) is 0.839. The molecule has 3 N–H and O–H groups in total. The van der Waals surface area contributed by atoms with Gasteiger partial charge in [0.15, 0.2) is 6.10 Å². The van der Waals surface area contributed by atoms with Gasteiger partial charge < -0.3 is 20.1 Å². The minimum absolute atomic E-state index is 0.0551. The summed E-state index contributed by atoms with van der Waals surface area (Å²) in [4.78, 5) is 35.5. The highest BCUT2D eigenvalue weighted by molar-refractivity contribution is 7.47. The molecule has 2 atom stereocenters. The van der Waals surface area contributed by atoms with Crippen LogP contribution < -0.4 is 5.73 Å². The summed E-state index contributed by atoms with van der Waals surface area (Å²) >= 11 is 0. The second-order valence-corrected chi connectivity index (χ2v) is 30.1. The monoisotopic (exact) mass is 1380 g/mol. The van der Waals surface area contributed by atoms with E-state index in [1.165, 1.54) is 334 Å². The molecule has 0 aromatic heterocycles. The molecule has 0 aromatic rings. The number of allylic oxidation sites excluding steroid dienone is 12. The minimum Gasteiger partial charge on any atom is -0.462 e. The van der Waals surface area contributed by atoms with Crippen LogP contribution in [0.5, 0.6) is 0 Å². The van der Waals surface area contributed by atoms with E-state index in [1.807, 2.05) is 0 Å². The Morgan fingerprint density at radius 3 is 0.845 bits per heavy atom. The van der Waals surface area contributed by atoms with Crippen molar-refractivity contribution in [1.82, 2.24) is 0 Å². The SMILES string of the molecule is CC/C=C\C/C=C\C/C=C\C/C=C\C/C=C\C/C=C\CCCCCCCCCCCCCCCCCCCCCCC(=O)OC(COC(=O)CCCCCCCCCCCCCCCCCCCCCCCCCCCCCCCCCCCCCCC)COP(=O)(O)OCCN. The lowest BCUT2D eigenvalue weighted by atomic mass is 10.0. The quantitative estimate of drug-likeness (QED) is 0.0264. The van der Waals surface area contributed by atoms with Crippen LogP contribution in [0.3, 0.4) is 0 Å². The van der Waals surface area contributed by atoms with Crippen LogP contribution in [0.2, 0.25) is 0 Å². The van der Waals surface area contributed by atoms with Crippen molar-refractivity contribution in [2.24, 2.45) is 5.73 Å². The third kappa shape index (κ3) is 82.3. The molecule has 9 nitrogen and oxygen atoms in total. The topological polar surface area (TPSA) is 134 Å². The molecule has 0 aromatic carbocycles. The number of carbonyl (C=O) groups excluding carboxylic acids is 2. The average molecular weight is 1380 g/mol. The third-order valence-corrected chi connectivity index (χ3v) is 20.1. The van der Waals surface area contributed by atoms with E-state index in [9.17, 15) is 19.0 Å². The highest BCUT2D eigenvalue weighted by atomic mass is 31.2. The summed E-state index contributed by atoms with van der Waals surface area (Å²) in [5, 5.41) is 0. The van der Waals surface area contributed by atoms with Crippen LogP contribution in [0.25, 0.3) is 0 Å². The molecule has 0 rings (SSSR count). The molecule has 10 heteroatoms. The number of ether oxygens (including phenoxy) is 2. The van der Waals surface area contributed by atoms with Gasteiger partial charge in [0.05, 0.1) is 13.2 Å². The Labute approximate surface area is 602 Å². The van der Waals surface area contributed by atoms with E-state index in [0.717, 1.165) is 70.6 Å². The molecule has 97 heavy (non-hydrogen) atoms. The molecule has 0 bridgehead atoms. The molecule has 0 fully saturated rings. The average Bonchev–Trinajstić information content (AvgIpc) is 2.88. The fourth-order valence-corrected chi connectivity index (χ4v) is 13.6. The molecule has 0 radical (unpaired) electrons. The summed E-state index contributed by atoms with van der Waals surface area (Å²) in [6.45, 7) is 3.71. The number of phosphoric ester groups is 1. The van der Waals surface area contributed by atoms with Gasteiger partial charge in [-0.25, -0.2) is 4.57 Å². The first-order valence-corrected chi connectivity index (χ1v) is 43.9. The van der Waals surface area contributed by atoms with Gasteiger partial charge in [0.2, 0.25) is 0 Å². The Kier molecular flexibility index (Phi) is 80.2. The lowest BCUT2D eigenvalue weighted by Gasteiger charge is -2.19. The van der Waals surface area contributed by atoms with Gasteiger partial charge >= 0.3 is 19.8 Å². The van der Waals surface area contributed by atoms with Crippen molar-refractivity contribution in [2.45, 2.75) is 444 Å². The van der Waals surface area contributed by atoms with Crippen LogP contribution in [0, 0.1) is 0 Å². The first-order chi connectivity index (χ1) is 47.8. The summed E-state index contributed by atoms with van der Waals surface area (Å²) in [5.74, 6) is -0.803. The number of hydrogen-bond acceptors (Lipinski definition) is 8. The van der Waals surface area contributed by atoms with Crippen molar-refractivity contribution in [2.75, 3.05) is 26.4 Å². The number of hydrogen-bond donors (Lipinski definition) is 2. The molecule has 0 aliphatic rings.